The number of aromatic nitrogens is 2. The van der Waals surface area contributed by atoms with E-state index in [0.717, 1.165) is 17.1 Å². The number of methoxy groups -OCH3 is 1. The first-order chi connectivity index (χ1) is 12.5. The molecule has 0 spiro atoms. The third-order valence-electron chi connectivity index (χ3n) is 4.46. The van der Waals surface area contributed by atoms with E-state index in [-0.39, 0.29) is 5.91 Å². The summed E-state index contributed by atoms with van der Waals surface area (Å²) >= 11 is 7.93. The lowest BCUT2D eigenvalue weighted by Gasteiger charge is -2.34. The van der Waals surface area contributed by atoms with Crippen LogP contribution >= 0.6 is 23.4 Å². The molecule has 1 aliphatic rings. The van der Waals surface area contributed by atoms with Gasteiger partial charge in [-0.1, -0.05) is 29.8 Å². The molecule has 0 unspecified atom stereocenters. The number of nitrogens with one attached hydrogen (secondary N) is 1. The van der Waals surface area contributed by atoms with Crippen molar-refractivity contribution < 1.29 is 14.3 Å². The Morgan fingerprint density at radius 2 is 2.08 bits per heavy atom. The van der Waals surface area contributed by atoms with Crippen LogP contribution < -0.4 is 5.32 Å². The zero-order valence-electron chi connectivity index (χ0n) is 14.4. The lowest BCUT2D eigenvalue weighted by Crippen LogP contribution is -2.57. The van der Waals surface area contributed by atoms with Gasteiger partial charge in [-0.2, -0.15) is 16.9 Å². The second-order valence-corrected chi connectivity index (χ2v) is 7.79. The Balaban J connectivity index is 1.73. The molecule has 0 saturated carbocycles. The summed E-state index contributed by atoms with van der Waals surface area (Å²) in [6.07, 6.45) is 4.27. The Kier molecular flexibility index (Phi) is 5.88. The highest BCUT2D eigenvalue weighted by Gasteiger charge is 2.42. The Labute approximate surface area is 161 Å². The number of hydrogen-bond donors (Lipinski definition) is 1. The monoisotopic (exact) mass is 393 g/mol. The number of carbonyl (C=O) groups is 2. The Morgan fingerprint density at radius 3 is 2.77 bits per heavy atom. The Bertz CT molecular complexity index is 802. The molecule has 0 aliphatic carbocycles. The molecule has 0 radical (unpaired) electrons. The predicted octanol–water partition coefficient (Wildman–Crippen LogP) is 2.75. The van der Waals surface area contributed by atoms with E-state index in [1.807, 2.05) is 24.3 Å². The fourth-order valence-corrected chi connectivity index (χ4v) is 4.34. The third kappa shape index (κ3) is 4.04. The maximum atomic E-state index is 12.7. The van der Waals surface area contributed by atoms with Gasteiger partial charge in [-0.05, 0) is 36.0 Å². The fraction of sp³-hybridized carbons (Fsp3) is 0.389. The van der Waals surface area contributed by atoms with E-state index in [2.05, 4.69) is 10.4 Å². The summed E-state index contributed by atoms with van der Waals surface area (Å²) in [6.45, 7) is 0.464. The fourth-order valence-electron chi connectivity index (χ4n) is 2.95. The van der Waals surface area contributed by atoms with Crippen LogP contribution in [0.2, 0.25) is 5.02 Å². The van der Waals surface area contributed by atoms with Gasteiger partial charge in [0.2, 0.25) is 0 Å². The number of thioether (sulfide) groups is 1. The molecule has 2 aromatic rings. The first-order valence-electron chi connectivity index (χ1n) is 8.28. The third-order valence-corrected chi connectivity index (χ3v) is 5.82. The molecule has 1 aliphatic heterocycles. The Morgan fingerprint density at radius 1 is 1.35 bits per heavy atom. The Hall–Kier alpha value is -1.99. The number of benzene rings is 1. The van der Waals surface area contributed by atoms with Crippen molar-refractivity contribution in [2.45, 2.75) is 24.9 Å². The van der Waals surface area contributed by atoms with Crippen LogP contribution in [0.4, 0.5) is 0 Å². The minimum Gasteiger partial charge on any atom is -0.467 e. The summed E-state index contributed by atoms with van der Waals surface area (Å²) in [4.78, 5) is 24.9. The highest BCUT2D eigenvalue weighted by atomic mass is 35.5. The number of halogens is 1. The molecule has 1 amide bonds. The molecular weight excluding hydrogens is 374 g/mol. The number of amides is 1. The summed E-state index contributed by atoms with van der Waals surface area (Å²) in [7, 11) is 1.35. The summed E-state index contributed by atoms with van der Waals surface area (Å²) in [6, 6.07) is 7.49. The SMILES string of the molecule is COC(=O)C1(NC(=O)c2cnn(Cc3ccccc3Cl)c2)CCSCC1. The van der Waals surface area contributed by atoms with Gasteiger partial charge >= 0.3 is 5.97 Å². The van der Waals surface area contributed by atoms with Gasteiger partial charge in [0.05, 0.1) is 25.4 Å². The van der Waals surface area contributed by atoms with Crippen molar-refractivity contribution in [2.75, 3.05) is 18.6 Å². The van der Waals surface area contributed by atoms with Gasteiger partial charge in [0.15, 0.2) is 0 Å². The van der Waals surface area contributed by atoms with Crippen molar-refractivity contribution in [1.29, 1.82) is 0 Å². The van der Waals surface area contributed by atoms with Crippen LogP contribution in [0.25, 0.3) is 0 Å². The number of ether oxygens (including phenoxy) is 1. The van der Waals surface area contributed by atoms with Crippen molar-refractivity contribution in [3.8, 4) is 0 Å². The minimum atomic E-state index is -0.956. The summed E-state index contributed by atoms with van der Waals surface area (Å²) in [5, 5.41) is 7.76. The van der Waals surface area contributed by atoms with E-state index >= 15 is 0 Å². The number of carbonyl (C=O) groups excluding carboxylic acids is 2. The van der Waals surface area contributed by atoms with Gasteiger partial charge in [-0.15, -0.1) is 0 Å². The zero-order valence-corrected chi connectivity index (χ0v) is 16.0. The molecule has 138 valence electrons. The molecule has 1 saturated heterocycles. The van der Waals surface area contributed by atoms with Crippen molar-refractivity contribution >= 4 is 35.2 Å². The van der Waals surface area contributed by atoms with Gasteiger partial charge in [-0.25, -0.2) is 4.79 Å². The van der Waals surface area contributed by atoms with Crippen molar-refractivity contribution in [3.05, 3.63) is 52.8 Å². The van der Waals surface area contributed by atoms with E-state index in [0.29, 0.717) is 30.0 Å². The molecule has 0 atom stereocenters. The summed E-state index contributed by atoms with van der Waals surface area (Å²) in [5.74, 6) is 0.893. The average molecular weight is 394 g/mol. The molecule has 2 heterocycles. The van der Waals surface area contributed by atoms with Crippen LogP contribution in [0.5, 0.6) is 0 Å². The molecule has 1 N–H and O–H groups in total. The second kappa shape index (κ2) is 8.14. The highest BCUT2D eigenvalue weighted by molar-refractivity contribution is 7.99. The average Bonchev–Trinajstić information content (AvgIpc) is 3.12. The zero-order chi connectivity index (χ0) is 18.6. The quantitative estimate of drug-likeness (QED) is 0.791. The highest BCUT2D eigenvalue weighted by Crippen LogP contribution is 2.28. The second-order valence-electron chi connectivity index (χ2n) is 6.16. The minimum absolute atomic E-state index is 0.326. The van der Waals surface area contributed by atoms with Crippen LogP contribution in [0.15, 0.2) is 36.7 Å². The molecule has 1 aromatic heterocycles. The summed E-state index contributed by atoms with van der Waals surface area (Å²) in [5.41, 5.74) is 0.361. The van der Waals surface area contributed by atoms with Crippen molar-refractivity contribution in [1.82, 2.24) is 15.1 Å². The van der Waals surface area contributed by atoms with Gasteiger partial charge in [0.1, 0.15) is 5.54 Å². The van der Waals surface area contributed by atoms with Crippen molar-refractivity contribution in [3.63, 3.8) is 0 Å². The van der Waals surface area contributed by atoms with E-state index in [9.17, 15) is 9.59 Å². The number of rotatable bonds is 5. The number of nitrogens with zero attached hydrogens (tertiary/aromatic N) is 2. The molecule has 1 aromatic carbocycles. The van der Waals surface area contributed by atoms with Crippen LogP contribution in [0, 0.1) is 0 Å². The molecule has 8 heteroatoms. The summed E-state index contributed by atoms with van der Waals surface area (Å²) < 4.78 is 6.58. The standard InChI is InChI=1S/C18H20ClN3O3S/c1-25-17(24)18(6-8-26-9-7-18)21-16(23)14-10-20-22(12-14)11-13-4-2-3-5-15(13)19/h2-5,10,12H,6-9,11H2,1H3,(H,21,23). The van der Waals surface area contributed by atoms with Gasteiger partial charge < -0.3 is 10.1 Å². The largest absolute Gasteiger partial charge is 0.467 e. The molecule has 26 heavy (non-hydrogen) atoms. The van der Waals surface area contributed by atoms with E-state index in [1.165, 1.54) is 13.3 Å². The maximum absolute atomic E-state index is 12.7. The molecule has 1 fully saturated rings. The first kappa shape index (κ1) is 18.8. The van der Waals surface area contributed by atoms with Crippen LogP contribution in [-0.2, 0) is 16.1 Å². The lowest BCUT2D eigenvalue weighted by molar-refractivity contribution is -0.148. The van der Waals surface area contributed by atoms with Crippen LogP contribution in [0.1, 0.15) is 28.8 Å². The smallest absolute Gasteiger partial charge is 0.331 e. The topological polar surface area (TPSA) is 73.2 Å². The van der Waals surface area contributed by atoms with Crippen LogP contribution in [0.3, 0.4) is 0 Å². The normalized spacial score (nSPS) is 16.1. The molecule has 0 bridgehead atoms. The van der Waals surface area contributed by atoms with Gasteiger partial charge in [-0.3, -0.25) is 9.48 Å². The lowest BCUT2D eigenvalue weighted by atomic mass is 9.92. The number of esters is 1. The molecular formula is C18H20ClN3O3S. The first-order valence-corrected chi connectivity index (χ1v) is 9.82. The van der Waals surface area contributed by atoms with E-state index < -0.39 is 11.5 Å². The molecule has 6 nitrogen and oxygen atoms in total. The van der Waals surface area contributed by atoms with E-state index in [4.69, 9.17) is 16.3 Å². The predicted molar refractivity (Wildman–Crippen MR) is 102 cm³/mol. The number of hydrogen-bond acceptors (Lipinski definition) is 5. The maximum Gasteiger partial charge on any atom is 0.331 e. The van der Waals surface area contributed by atoms with Gasteiger partial charge in [0.25, 0.3) is 5.91 Å². The van der Waals surface area contributed by atoms with Gasteiger partial charge in [0, 0.05) is 11.2 Å². The van der Waals surface area contributed by atoms with Crippen molar-refractivity contribution in [2.24, 2.45) is 0 Å². The van der Waals surface area contributed by atoms with E-state index in [1.54, 1.807) is 22.6 Å². The van der Waals surface area contributed by atoms with Crippen LogP contribution in [-0.4, -0.2) is 45.8 Å². The molecule has 3 rings (SSSR count).